The summed E-state index contributed by atoms with van der Waals surface area (Å²) in [6, 6.07) is 7.26. The van der Waals surface area contributed by atoms with Gasteiger partial charge in [-0.3, -0.25) is 4.79 Å². The van der Waals surface area contributed by atoms with Crippen LogP contribution in [0.2, 0.25) is 10.0 Å². The maximum atomic E-state index is 12.2. The van der Waals surface area contributed by atoms with Crippen LogP contribution in [0.1, 0.15) is 24.8 Å². The molecule has 3 rings (SSSR count). The largest absolute Gasteiger partial charge is 0.311 e. The van der Waals surface area contributed by atoms with Gasteiger partial charge in [-0.15, -0.1) is 0 Å². The lowest BCUT2D eigenvalue weighted by atomic mass is 10.1. The molecule has 0 radical (unpaired) electrons. The van der Waals surface area contributed by atoms with E-state index in [4.69, 9.17) is 23.2 Å². The minimum absolute atomic E-state index is 0.000455. The van der Waals surface area contributed by atoms with E-state index in [-0.39, 0.29) is 5.91 Å². The predicted octanol–water partition coefficient (Wildman–Crippen LogP) is 4.53. The first-order valence-electron chi connectivity index (χ1n) is 7.54. The molecule has 0 saturated heterocycles. The highest BCUT2D eigenvalue weighted by Gasteiger charge is 2.16. The van der Waals surface area contributed by atoms with E-state index in [1.165, 1.54) is 0 Å². The molecule has 23 heavy (non-hydrogen) atoms. The minimum atomic E-state index is 0.000455. The molecule has 1 aliphatic rings. The van der Waals surface area contributed by atoms with Crippen LogP contribution in [0.25, 0.3) is 0 Å². The quantitative estimate of drug-likeness (QED) is 0.805. The van der Waals surface area contributed by atoms with Crippen molar-refractivity contribution in [2.45, 2.75) is 25.8 Å². The van der Waals surface area contributed by atoms with E-state index in [1.54, 1.807) is 23.0 Å². The van der Waals surface area contributed by atoms with Crippen LogP contribution in [-0.2, 0) is 11.3 Å². The van der Waals surface area contributed by atoms with Crippen molar-refractivity contribution in [2.24, 2.45) is 5.92 Å². The molecule has 1 N–H and O–H groups in total. The SMILES string of the molecule is O=C(CC1C=CCC1)Nc1ccnn1Cc1cccc(Cl)c1Cl. The Morgan fingerprint density at radius 2 is 2.22 bits per heavy atom. The fraction of sp³-hybridized carbons (Fsp3) is 0.294. The van der Waals surface area contributed by atoms with Crippen LogP contribution in [0.15, 0.2) is 42.6 Å². The minimum Gasteiger partial charge on any atom is -0.311 e. The Balaban J connectivity index is 1.68. The first-order valence-corrected chi connectivity index (χ1v) is 8.30. The van der Waals surface area contributed by atoms with Crippen LogP contribution in [0, 0.1) is 5.92 Å². The van der Waals surface area contributed by atoms with Crippen molar-refractivity contribution in [1.82, 2.24) is 9.78 Å². The van der Waals surface area contributed by atoms with Crippen molar-refractivity contribution in [3.8, 4) is 0 Å². The summed E-state index contributed by atoms with van der Waals surface area (Å²) in [5.41, 5.74) is 0.858. The van der Waals surface area contributed by atoms with Crippen LogP contribution in [0.4, 0.5) is 5.82 Å². The number of allylic oxidation sites excluding steroid dienone is 2. The van der Waals surface area contributed by atoms with Gasteiger partial charge in [-0.1, -0.05) is 47.5 Å². The van der Waals surface area contributed by atoms with E-state index in [1.807, 2.05) is 12.1 Å². The van der Waals surface area contributed by atoms with Gasteiger partial charge in [0.2, 0.25) is 5.91 Å². The van der Waals surface area contributed by atoms with Gasteiger partial charge in [0.15, 0.2) is 0 Å². The Morgan fingerprint density at radius 3 is 3.00 bits per heavy atom. The lowest BCUT2D eigenvalue weighted by Crippen LogP contribution is -2.18. The molecular formula is C17H17Cl2N3O. The molecule has 1 amide bonds. The molecule has 4 nitrogen and oxygen atoms in total. The van der Waals surface area contributed by atoms with Gasteiger partial charge in [0.1, 0.15) is 5.82 Å². The Kier molecular flexibility index (Phi) is 5.03. The lowest BCUT2D eigenvalue weighted by molar-refractivity contribution is -0.116. The normalized spacial score (nSPS) is 16.7. The molecule has 1 heterocycles. The summed E-state index contributed by atoms with van der Waals surface area (Å²) in [5.74, 6) is 1.00. The van der Waals surface area contributed by atoms with Crippen LogP contribution >= 0.6 is 23.2 Å². The summed E-state index contributed by atoms with van der Waals surface area (Å²) in [4.78, 5) is 12.2. The molecule has 0 bridgehead atoms. The fourth-order valence-electron chi connectivity index (χ4n) is 2.69. The monoisotopic (exact) mass is 349 g/mol. The summed E-state index contributed by atoms with van der Waals surface area (Å²) < 4.78 is 1.71. The third kappa shape index (κ3) is 3.95. The van der Waals surface area contributed by atoms with Crippen molar-refractivity contribution in [3.05, 3.63) is 58.2 Å². The van der Waals surface area contributed by atoms with E-state index in [0.717, 1.165) is 18.4 Å². The van der Waals surface area contributed by atoms with Crippen LogP contribution in [-0.4, -0.2) is 15.7 Å². The van der Waals surface area contributed by atoms with Gasteiger partial charge in [-0.2, -0.15) is 5.10 Å². The summed E-state index contributed by atoms with van der Waals surface area (Å²) in [6.07, 6.45) is 8.50. The molecule has 1 aromatic carbocycles. The summed E-state index contributed by atoms with van der Waals surface area (Å²) >= 11 is 12.2. The zero-order valence-corrected chi connectivity index (χ0v) is 14.0. The van der Waals surface area contributed by atoms with Gasteiger partial charge in [0.05, 0.1) is 22.8 Å². The predicted molar refractivity (Wildman–Crippen MR) is 92.9 cm³/mol. The second-order valence-corrected chi connectivity index (χ2v) is 6.39. The van der Waals surface area contributed by atoms with Crippen LogP contribution < -0.4 is 5.32 Å². The van der Waals surface area contributed by atoms with E-state index >= 15 is 0 Å². The number of hydrogen-bond donors (Lipinski definition) is 1. The Hall–Kier alpha value is -1.78. The maximum absolute atomic E-state index is 12.2. The standard InChI is InChI=1S/C17H17Cl2N3O/c18-14-7-3-6-13(17(14)19)11-22-15(8-9-20-22)21-16(23)10-12-4-1-2-5-12/h1,3-4,6-9,12H,2,5,10-11H2,(H,21,23). The van der Waals surface area contributed by atoms with Gasteiger partial charge in [-0.05, 0) is 30.4 Å². The number of hydrogen-bond acceptors (Lipinski definition) is 2. The third-order valence-corrected chi connectivity index (χ3v) is 4.75. The topological polar surface area (TPSA) is 46.9 Å². The summed E-state index contributed by atoms with van der Waals surface area (Å²) in [6.45, 7) is 0.450. The summed E-state index contributed by atoms with van der Waals surface area (Å²) in [5, 5.41) is 8.20. The summed E-state index contributed by atoms with van der Waals surface area (Å²) in [7, 11) is 0. The number of halogens is 2. The van der Waals surface area contributed by atoms with Gasteiger partial charge in [-0.25, -0.2) is 4.68 Å². The van der Waals surface area contributed by atoms with Crippen molar-refractivity contribution in [2.75, 3.05) is 5.32 Å². The van der Waals surface area contributed by atoms with Crippen molar-refractivity contribution in [3.63, 3.8) is 0 Å². The molecule has 0 fully saturated rings. The molecule has 1 atom stereocenters. The maximum Gasteiger partial charge on any atom is 0.226 e. The van der Waals surface area contributed by atoms with E-state index < -0.39 is 0 Å². The zero-order valence-electron chi connectivity index (χ0n) is 12.5. The van der Waals surface area contributed by atoms with Crippen LogP contribution in [0.5, 0.6) is 0 Å². The molecule has 0 aliphatic heterocycles. The second kappa shape index (κ2) is 7.20. The zero-order chi connectivity index (χ0) is 16.2. The number of benzene rings is 1. The first kappa shape index (κ1) is 16.1. The third-order valence-electron chi connectivity index (χ3n) is 3.90. The van der Waals surface area contributed by atoms with Gasteiger partial charge >= 0.3 is 0 Å². The number of carbonyl (C=O) groups excluding carboxylic acids is 1. The van der Waals surface area contributed by atoms with Crippen LogP contribution in [0.3, 0.4) is 0 Å². The number of nitrogens with one attached hydrogen (secondary N) is 1. The van der Waals surface area contributed by atoms with Crippen molar-refractivity contribution >= 4 is 34.9 Å². The highest BCUT2D eigenvalue weighted by Crippen LogP contribution is 2.27. The van der Waals surface area contributed by atoms with Gasteiger partial charge in [0, 0.05) is 12.5 Å². The van der Waals surface area contributed by atoms with E-state index in [0.29, 0.717) is 34.7 Å². The fourth-order valence-corrected chi connectivity index (χ4v) is 3.07. The average Bonchev–Trinajstić information content (AvgIpc) is 3.16. The Labute approximate surface area is 145 Å². The Bertz CT molecular complexity index is 739. The number of rotatable bonds is 5. The van der Waals surface area contributed by atoms with Crippen molar-refractivity contribution in [1.29, 1.82) is 0 Å². The second-order valence-electron chi connectivity index (χ2n) is 5.60. The smallest absolute Gasteiger partial charge is 0.226 e. The molecule has 1 unspecified atom stereocenters. The van der Waals surface area contributed by atoms with Gasteiger partial charge < -0.3 is 5.32 Å². The lowest BCUT2D eigenvalue weighted by Gasteiger charge is -2.12. The van der Waals surface area contributed by atoms with Gasteiger partial charge in [0.25, 0.3) is 0 Å². The molecule has 2 aromatic rings. The van der Waals surface area contributed by atoms with E-state index in [2.05, 4.69) is 22.6 Å². The molecule has 0 saturated carbocycles. The molecule has 120 valence electrons. The molecule has 1 aromatic heterocycles. The number of amides is 1. The number of nitrogens with zero attached hydrogens (tertiary/aromatic N) is 2. The number of anilines is 1. The highest BCUT2D eigenvalue weighted by molar-refractivity contribution is 6.42. The first-order chi connectivity index (χ1) is 11.1. The molecule has 0 spiro atoms. The molecule has 6 heteroatoms. The van der Waals surface area contributed by atoms with Crippen molar-refractivity contribution < 1.29 is 4.79 Å². The highest BCUT2D eigenvalue weighted by atomic mass is 35.5. The number of carbonyl (C=O) groups is 1. The molecule has 1 aliphatic carbocycles. The van der Waals surface area contributed by atoms with E-state index in [9.17, 15) is 4.79 Å². The Morgan fingerprint density at radius 1 is 1.35 bits per heavy atom. The average molecular weight is 350 g/mol. The number of aromatic nitrogens is 2. The molecular weight excluding hydrogens is 333 g/mol.